The molecule has 106 valence electrons. The average molecular weight is 360 g/mol. The number of halogens is 1. The third-order valence-electron chi connectivity index (χ3n) is 3.12. The number of rotatable bonds is 4. The van der Waals surface area contributed by atoms with E-state index >= 15 is 0 Å². The first-order valence-corrected chi connectivity index (χ1v) is 8.34. The molecule has 21 heavy (non-hydrogen) atoms. The van der Waals surface area contributed by atoms with Crippen LogP contribution in [0, 0.1) is 0 Å². The Morgan fingerprint density at radius 2 is 1.86 bits per heavy atom. The lowest BCUT2D eigenvalue weighted by molar-refractivity contribution is 0.794. The van der Waals surface area contributed by atoms with E-state index in [2.05, 4.69) is 38.3 Å². The molecule has 2 aromatic carbocycles. The van der Waals surface area contributed by atoms with Crippen LogP contribution in [0.3, 0.4) is 0 Å². The molecule has 0 fully saturated rings. The number of aromatic nitrogens is 3. The second-order valence-electron chi connectivity index (χ2n) is 4.65. The number of hydrogen-bond acceptors (Lipinski definition) is 3. The molecule has 0 amide bonds. The van der Waals surface area contributed by atoms with Crippen LogP contribution in [0.25, 0.3) is 11.4 Å². The maximum absolute atomic E-state index is 4.30. The summed E-state index contributed by atoms with van der Waals surface area (Å²) < 4.78 is 3.14. The molecule has 0 aliphatic carbocycles. The van der Waals surface area contributed by atoms with Gasteiger partial charge in [-0.25, -0.2) is 0 Å². The van der Waals surface area contributed by atoms with Crippen molar-refractivity contribution in [3.63, 3.8) is 0 Å². The van der Waals surface area contributed by atoms with Gasteiger partial charge >= 0.3 is 0 Å². The van der Waals surface area contributed by atoms with Crippen LogP contribution in [0.2, 0.25) is 0 Å². The van der Waals surface area contributed by atoms with E-state index in [9.17, 15) is 0 Å². The average Bonchev–Trinajstić information content (AvgIpc) is 2.87. The highest BCUT2D eigenvalue weighted by atomic mass is 79.9. The Labute approximate surface area is 136 Å². The van der Waals surface area contributed by atoms with Gasteiger partial charge in [-0.05, 0) is 17.7 Å². The minimum absolute atomic E-state index is 0.875. The highest BCUT2D eigenvalue weighted by molar-refractivity contribution is 9.10. The van der Waals surface area contributed by atoms with Crippen LogP contribution in [0.1, 0.15) is 5.56 Å². The molecule has 1 aromatic heterocycles. The van der Waals surface area contributed by atoms with E-state index in [1.807, 2.05) is 54.1 Å². The monoisotopic (exact) mass is 359 g/mol. The lowest BCUT2D eigenvalue weighted by Crippen LogP contribution is -1.94. The molecule has 0 saturated carbocycles. The number of benzene rings is 2. The van der Waals surface area contributed by atoms with Gasteiger partial charge in [-0.1, -0.05) is 70.2 Å². The van der Waals surface area contributed by atoms with Crippen molar-refractivity contribution in [2.24, 2.45) is 7.05 Å². The van der Waals surface area contributed by atoms with Gasteiger partial charge in [0.1, 0.15) is 0 Å². The first-order valence-electron chi connectivity index (χ1n) is 6.56. The van der Waals surface area contributed by atoms with Crippen molar-refractivity contribution in [1.29, 1.82) is 0 Å². The lowest BCUT2D eigenvalue weighted by Gasteiger charge is -2.04. The molecule has 0 aliphatic rings. The maximum atomic E-state index is 4.30. The summed E-state index contributed by atoms with van der Waals surface area (Å²) in [5.74, 6) is 1.77. The SMILES string of the molecule is Cn1c(SCc2cccc(Br)c2)nnc1-c1ccccc1. The van der Waals surface area contributed by atoms with Gasteiger partial charge in [0, 0.05) is 22.8 Å². The van der Waals surface area contributed by atoms with E-state index in [0.29, 0.717) is 0 Å². The van der Waals surface area contributed by atoms with Crippen LogP contribution in [0.15, 0.2) is 64.2 Å². The largest absolute Gasteiger partial charge is 0.305 e. The Morgan fingerprint density at radius 3 is 2.62 bits per heavy atom. The molecule has 0 N–H and O–H groups in total. The van der Waals surface area contributed by atoms with Gasteiger partial charge in [0.05, 0.1) is 0 Å². The van der Waals surface area contributed by atoms with Crippen molar-refractivity contribution in [2.45, 2.75) is 10.9 Å². The predicted molar refractivity (Wildman–Crippen MR) is 90.1 cm³/mol. The molecular formula is C16H14BrN3S. The lowest BCUT2D eigenvalue weighted by atomic mass is 10.2. The molecule has 0 saturated heterocycles. The van der Waals surface area contributed by atoms with Gasteiger partial charge in [0.25, 0.3) is 0 Å². The van der Waals surface area contributed by atoms with Crippen molar-refractivity contribution in [1.82, 2.24) is 14.8 Å². The van der Waals surface area contributed by atoms with E-state index in [0.717, 1.165) is 26.8 Å². The Morgan fingerprint density at radius 1 is 1.05 bits per heavy atom. The second kappa shape index (κ2) is 6.45. The molecule has 1 heterocycles. The van der Waals surface area contributed by atoms with Crippen LogP contribution < -0.4 is 0 Å². The summed E-state index contributed by atoms with van der Waals surface area (Å²) in [6, 6.07) is 18.4. The van der Waals surface area contributed by atoms with Crippen LogP contribution >= 0.6 is 27.7 Å². The van der Waals surface area contributed by atoms with Crippen LogP contribution in [0.4, 0.5) is 0 Å². The fourth-order valence-corrected chi connectivity index (χ4v) is 3.35. The van der Waals surface area contributed by atoms with E-state index < -0.39 is 0 Å². The molecule has 3 aromatic rings. The molecular weight excluding hydrogens is 346 g/mol. The quantitative estimate of drug-likeness (QED) is 0.640. The summed E-state index contributed by atoms with van der Waals surface area (Å²) in [5, 5.41) is 9.52. The van der Waals surface area contributed by atoms with E-state index in [-0.39, 0.29) is 0 Å². The van der Waals surface area contributed by atoms with Crippen LogP contribution in [-0.4, -0.2) is 14.8 Å². The van der Waals surface area contributed by atoms with Gasteiger partial charge in [0.2, 0.25) is 0 Å². The molecule has 3 rings (SSSR count). The third-order valence-corrected chi connectivity index (χ3v) is 4.71. The number of hydrogen-bond donors (Lipinski definition) is 0. The highest BCUT2D eigenvalue weighted by Crippen LogP contribution is 2.25. The third kappa shape index (κ3) is 3.36. The smallest absolute Gasteiger partial charge is 0.191 e. The zero-order chi connectivity index (χ0) is 14.7. The zero-order valence-electron chi connectivity index (χ0n) is 11.5. The minimum atomic E-state index is 0.875. The fourth-order valence-electron chi connectivity index (χ4n) is 2.05. The predicted octanol–water partition coefficient (Wildman–Crippen LogP) is 4.54. The molecule has 0 radical (unpaired) electrons. The van der Waals surface area contributed by atoms with Crippen molar-refractivity contribution in [3.05, 3.63) is 64.6 Å². The van der Waals surface area contributed by atoms with Gasteiger partial charge in [-0.3, -0.25) is 0 Å². The van der Waals surface area contributed by atoms with Crippen LogP contribution in [-0.2, 0) is 12.8 Å². The fraction of sp³-hybridized carbons (Fsp3) is 0.125. The summed E-state index contributed by atoms with van der Waals surface area (Å²) in [4.78, 5) is 0. The molecule has 0 spiro atoms. The Kier molecular flexibility index (Phi) is 4.41. The molecule has 5 heteroatoms. The topological polar surface area (TPSA) is 30.7 Å². The Balaban J connectivity index is 1.77. The second-order valence-corrected chi connectivity index (χ2v) is 6.51. The zero-order valence-corrected chi connectivity index (χ0v) is 13.9. The number of thioether (sulfide) groups is 1. The Bertz CT molecular complexity index is 740. The summed E-state index contributed by atoms with van der Waals surface area (Å²) in [6.45, 7) is 0. The summed E-state index contributed by atoms with van der Waals surface area (Å²) in [5.41, 5.74) is 2.35. The highest BCUT2D eigenvalue weighted by Gasteiger charge is 2.10. The van der Waals surface area contributed by atoms with E-state index in [4.69, 9.17) is 0 Å². The standard InChI is InChI=1S/C16H14BrN3S/c1-20-15(13-7-3-2-4-8-13)18-19-16(20)21-11-12-6-5-9-14(17)10-12/h2-10H,11H2,1H3. The maximum Gasteiger partial charge on any atom is 0.191 e. The van der Waals surface area contributed by atoms with E-state index in [1.54, 1.807) is 11.8 Å². The number of nitrogens with zero attached hydrogens (tertiary/aromatic N) is 3. The van der Waals surface area contributed by atoms with Gasteiger partial charge in [-0.2, -0.15) is 0 Å². The minimum Gasteiger partial charge on any atom is -0.305 e. The van der Waals surface area contributed by atoms with Gasteiger partial charge in [0.15, 0.2) is 11.0 Å². The van der Waals surface area contributed by atoms with Crippen molar-refractivity contribution in [2.75, 3.05) is 0 Å². The first-order chi connectivity index (χ1) is 10.2. The molecule has 3 nitrogen and oxygen atoms in total. The van der Waals surface area contributed by atoms with Gasteiger partial charge in [-0.15, -0.1) is 10.2 Å². The van der Waals surface area contributed by atoms with Crippen molar-refractivity contribution < 1.29 is 0 Å². The van der Waals surface area contributed by atoms with E-state index in [1.165, 1.54) is 5.56 Å². The van der Waals surface area contributed by atoms with Gasteiger partial charge < -0.3 is 4.57 Å². The summed E-state index contributed by atoms with van der Waals surface area (Å²) in [7, 11) is 2.01. The molecule has 0 aliphatic heterocycles. The normalized spacial score (nSPS) is 10.8. The Hall–Kier alpha value is -1.59. The summed E-state index contributed by atoms with van der Waals surface area (Å²) in [6.07, 6.45) is 0. The van der Waals surface area contributed by atoms with Crippen LogP contribution in [0.5, 0.6) is 0 Å². The molecule has 0 atom stereocenters. The first kappa shape index (κ1) is 14.4. The summed E-state index contributed by atoms with van der Waals surface area (Å²) >= 11 is 5.19. The molecule has 0 bridgehead atoms. The molecule has 0 unspecified atom stereocenters. The van der Waals surface area contributed by atoms with Crippen molar-refractivity contribution >= 4 is 27.7 Å². The van der Waals surface area contributed by atoms with Crippen molar-refractivity contribution in [3.8, 4) is 11.4 Å².